The molecule has 1 aliphatic heterocycles. The van der Waals surface area contributed by atoms with E-state index in [1.54, 1.807) is 0 Å². The van der Waals surface area contributed by atoms with E-state index in [-0.39, 0.29) is 0 Å². The molecule has 0 aromatic carbocycles. The first kappa shape index (κ1) is 11.5. The third kappa shape index (κ3) is 3.00. The van der Waals surface area contributed by atoms with Gasteiger partial charge in [0, 0.05) is 0 Å². The maximum atomic E-state index is 3.30. The van der Waals surface area contributed by atoms with Gasteiger partial charge in [-0.15, -0.1) is 0 Å². The Morgan fingerprint density at radius 2 is 2.21 bits per heavy atom. The Bertz CT molecular complexity index is 187. The summed E-state index contributed by atoms with van der Waals surface area (Å²) in [6.07, 6.45) is 7.51. The molecule has 0 spiro atoms. The molecule has 2 nitrogen and oxygen atoms in total. The van der Waals surface area contributed by atoms with Crippen LogP contribution in [-0.4, -0.2) is 30.0 Å². The molecule has 0 bridgehead atoms. The zero-order valence-corrected chi connectivity index (χ0v) is 9.92. The van der Waals surface area contributed by atoms with Crippen LogP contribution < -0.4 is 5.32 Å². The summed E-state index contributed by atoms with van der Waals surface area (Å²) in [6, 6.07) is 0.747. The van der Waals surface area contributed by atoms with E-state index in [4.69, 9.17) is 0 Å². The van der Waals surface area contributed by atoms with Gasteiger partial charge in [0.05, 0.1) is 6.04 Å². The van der Waals surface area contributed by atoms with Gasteiger partial charge in [-0.05, 0) is 18.8 Å². The zero-order valence-electron chi connectivity index (χ0n) is 9.92. The fourth-order valence-corrected chi connectivity index (χ4v) is 2.38. The maximum Gasteiger partial charge on any atom is 0.232 e. The molecule has 0 saturated heterocycles. The molecule has 2 heteroatoms. The van der Waals surface area contributed by atoms with Crippen LogP contribution in [0.25, 0.3) is 0 Å². The van der Waals surface area contributed by atoms with Crippen molar-refractivity contribution >= 4 is 6.34 Å². The summed E-state index contributed by atoms with van der Waals surface area (Å²) in [5.74, 6) is 0.830. The molecule has 0 fully saturated rings. The average molecular weight is 197 g/mol. The van der Waals surface area contributed by atoms with Crippen LogP contribution in [0.2, 0.25) is 0 Å². The quantitative estimate of drug-likeness (QED) is 0.645. The number of nitrogens with zero attached hydrogens (tertiary/aromatic N) is 1. The van der Waals surface area contributed by atoms with Crippen molar-refractivity contribution in [3.8, 4) is 0 Å². The minimum Gasteiger partial charge on any atom is -0.277 e. The normalized spacial score (nSPS) is 20.1. The first-order valence-electron chi connectivity index (χ1n) is 6.12. The summed E-state index contributed by atoms with van der Waals surface area (Å²) in [4.78, 5) is 0. The molecular formula is C12H25N2+. The summed E-state index contributed by atoms with van der Waals surface area (Å²) < 4.78 is 2.49. The molecule has 0 aromatic rings. The molecule has 0 amide bonds. The van der Waals surface area contributed by atoms with E-state index in [2.05, 4.69) is 37.0 Å². The lowest BCUT2D eigenvalue weighted by Gasteiger charge is -2.21. The second-order valence-electron chi connectivity index (χ2n) is 4.42. The Kier molecular flexibility index (Phi) is 4.99. The van der Waals surface area contributed by atoms with Crippen LogP contribution >= 0.6 is 0 Å². The average Bonchev–Trinajstić information content (AvgIpc) is 2.69. The first-order valence-corrected chi connectivity index (χ1v) is 6.12. The van der Waals surface area contributed by atoms with Crippen LogP contribution in [0.5, 0.6) is 0 Å². The molecular weight excluding hydrogens is 172 g/mol. The van der Waals surface area contributed by atoms with Gasteiger partial charge >= 0.3 is 0 Å². The monoisotopic (exact) mass is 197 g/mol. The third-order valence-corrected chi connectivity index (χ3v) is 3.29. The van der Waals surface area contributed by atoms with E-state index in [0.717, 1.165) is 18.5 Å². The SMILES string of the molecule is CCCCC(C)C(CC)[N+]1=CNCC1. The smallest absolute Gasteiger partial charge is 0.232 e. The predicted molar refractivity (Wildman–Crippen MR) is 62.0 cm³/mol. The van der Waals surface area contributed by atoms with Crippen LogP contribution in [-0.2, 0) is 0 Å². The highest BCUT2D eigenvalue weighted by atomic mass is 15.2. The molecule has 14 heavy (non-hydrogen) atoms. The Morgan fingerprint density at radius 3 is 2.71 bits per heavy atom. The molecule has 1 N–H and O–H groups in total. The summed E-state index contributed by atoms with van der Waals surface area (Å²) >= 11 is 0. The van der Waals surface area contributed by atoms with Crippen molar-refractivity contribution in [3.05, 3.63) is 0 Å². The fourth-order valence-electron chi connectivity index (χ4n) is 2.38. The molecule has 1 rings (SSSR count). The number of unbranched alkanes of at least 4 members (excludes halogenated alkanes) is 1. The van der Waals surface area contributed by atoms with E-state index in [0.29, 0.717) is 0 Å². The maximum absolute atomic E-state index is 3.30. The number of hydrogen-bond acceptors (Lipinski definition) is 1. The largest absolute Gasteiger partial charge is 0.277 e. The molecule has 1 aliphatic rings. The lowest BCUT2D eigenvalue weighted by molar-refractivity contribution is -0.562. The second-order valence-corrected chi connectivity index (χ2v) is 4.42. The molecule has 0 radical (unpaired) electrons. The second kappa shape index (κ2) is 6.05. The van der Waals surface area contributed by atoms with Crippen molar-refractivity contribution in [1.82, 2.24) is 5.32 Å². The number of nitrogens with one attached hydrogen (secondary N) is 1. The first-order chi connectivity index (χ1) is 6.79. The molecule has 1 heterocycles. The molecule has 82 valence electrons. The van der Waals surface area contributed by atoms with Crippen molar-refractivity contribution in [2.24, 2.45) is 5.92 Å². The van der Waals surface area contributed by atoms with Crippen molar-refractivity contribution in [1.29, 1.82) is 0 Å². The fraction of sp³-hybridized carbons (Fsp3) is 0.917. The molecule has 0 saturated carbocycles. The Balaban J connectivity index is 2.43. The van der Waals surface area contributed by atoms with E-state index < -0.39 is 0 Å². The topological polar surface area (TPSA) is 15.0 Å². The standard InChI is InChI=1S/C12H24N2/c1-4-6-7-11(3)12(5-2)14-9-8-13-10-14/h10-12H,4-9H2,1-3H3/p+1. The van der Waals surface area contributed by atoms with Crippen LogP contribution in [0.4, 0.5) is 0 Å². The van der Waals surface area contributed by atoms with Crippen LogP contribution in [0.1, 0.15) is 46.5 Å². The Hall–Kier alpha value is -0.530. The summed E-state index contributed by atoms with van der Waals surface area (Å²) in [6.45, 7) is 9.29. The zero-order chi connectivity index (χ0) is 10.4. The van der Waals surface area contributed by atoms with Gasteiger partial charge in [-0.25, -0.2) is 0 Å². The van der Waals surface area contributed by atoms with Gasteiger partial charge < -0.3 is 0 Å². The third-order valence-electron chi connectivity index (χ3n) is 3.29. The lowest BCUT2D eigenvalue weighted by atomic mass is 9.93. The van der Waals surface area contributed by atoms with Crippen molar-refractivity contribution in [2.75, 3.05) is 13.1 Å². The summed E-state index contributed by atoms with van der Waals surface area (Å²) in [5, 5.41) is 3.30. The van der Waals surface area contributed by atoms with Gasteiger partial charge in [-0.3, -0.25) is 9.89 Å². The molecule has 0 aliphatic carbocycles. The molecule has 2 unspecified atom stereocenters. The van der Waals surface area contributed by atoms with Crippen LogP contribution in [0, 0.1) is 5.92 Å². The van der Waals surface area contributed by atoms with Gasteiger partial charge in [0.2, 0.25) is 6.34 Å². The van der Waals surface area contributed by atoms with E-state index in [9.17, 15) is 0 Å². The van der Waals surface area contributed by atoms with Gasteiger partial charge in [0.1, 0.15) is 13.1 Å². The highest BCUT2D eigenvalue weighted by Gasteiger charge is 2.24. The van der Waals surface area contributed by atoms with E-state index in [1.165, 1.54) is 32.2 Å². The molecule has 0 aromatic heterocycles. The minimum absolute atomic E-state index is 0.747. The number of hydrogen-bond donors (Lipinski definition) is 1. The van der Waals surface area contributed by atoms with Gasteiger partial charge in [-0.1, -0.05) is 33.6 Å². The highest BCUT2D eigenvalue weighted by Crippen LogP contribution is 2.17. The lowest BCUT2D eigenvalue weighted by Crippen LogP contribution is -2.31. The van der Waals surface area contributed by atoms with Crippen molar-refractivity contribution in [2.45, 2.75) is 52.5 Å². The highest BCUT2D eigenvalue weighted by molar-refractivity contribution is 5.49. The van der Waals surface area contributed by atoms with Gasteiger partial charge in [0.15, 0.2) is 0 Å². The minimum atomic E-state index is 0.747. The summed E-state index contributed by atoms with van der Waals surface area (Å²) in [5.41, 5.74) is 0. The summed E-state index contributed by atoms with van der Waals surface area (Å²) in [7, 11) is 0. The van der Waals surface area contributed by atoms with Crippen molar-refractivity contribution < 1.29 is 4.58 Å². The molecule has 2 atom stereocenters. The van der Waals surface area contributed by atoms with Crippen molar-refractivity contribution in [3.63, 3.8) is 0 Å². The van der Waals surface area contributed by atoms with Crippen LogP contribution in [0.3, 0.4) is 0 Å². The van der Waals surface area contributed by atoms with E-state index in [1.807, 2.05) is 0 Å². The Morgan fingerprint density at radius 1 is 1.43 bits per heavy atom. The van der Waals surface area contributed by atoms with E-state index >= 15 is 0 Å². The predicted octanol–water partition coefficient (Wildman–Crippen LogP) is 2.24. The van der Waals surface area contributed by atoms with Gasteiger partial charge in [-0.2, -0.15) is 0 Å². The van der Waals surface area contributed by atoms with Gasteiger partial charge in [0.25, 0.3) is 0 Å². The Labute approximate surface area is 88.4 Å². The number of rotatable bonds is 6. The van der Waals surface area contributed by atoms with Crippen LogP contribution in [0.15, 0.2) is 0 Å².